The number of benzene rings is 1. The van der Waals surface area contributed by atoms with Gasteiger partial charge in [0.25, 0.3) is 0 Å². The van der Waals surface area contributed by atoms with Crippen molar-refractivity contribution >= 4 is 46.5 Å². The van der Waals surface area contributed by atoms with Gasteiger partial charge in [0, 0.05) is 21.2 Å². The molecule has 34 heavy (non-hydrogen) atoms. The van der Waals surface area contributed by atoms with Gasteiger partial charge < -0.3 is 15.0 Å². The van der Waals surface area contributed by atoms with Crippen LogP contribution in [-0.2, 0) is 19.8 Å². The fourth-order valence-electron chi connectivity index (χ4n) is 6.89. The zero-order chi connectivity index (χ0) is 23.9. The van der Waals surface area contributed by atoms with E-state index in [4.69, 9.17) is 4.74 Å². The maximum atomic E-state index is 13.4. The van der Waals surface area contributed by atoms with E-state index < -0.39 is 5.91 Å². The van der Waals surface area contributed by atoms with Gasteiger partial charge in [-0.3, -0.25) is 24.1 Å². The molecular formula is C24H25N3O5S2. The number of hydrogen-bond donors (Lipinski definition) is 2. The van der Waals surface area contributed by atoms with Gasteiger partial charge in [-0.2, -0.15) is 0 Å². The van der Waals surface area contributed by atoms with Gasteiger partial charge in [-0.25, -0.2) is 0 Å². The lowest BCUT2D eigenvalue weighted by molar-refractivity contribution is -0.143. The van der Waals surface area contributed by atoms with Gasteiger partial charge in [-0.05, 0) is 48.4 Å². The minimum atomic E-state index is -0.397. The minimum Gasteiger partial charge on any atom is -0.497 e. The third-order valence-corrected chi connectivity index (χ3v) is 11.0. The number of rotatable bonds is 4. The Bertz CT molecular complexity index is 1270. The lowest BCUT2D eigenvalue weighted by Gasteiger charge is -2.47. The largest absolute Gasteiger partial charge is 0.497 e. The minimum absolute atomic E-state index is 0.0562. The maximum Gasteiger partial charge on any atom is 0.305 e. The summed E-state index contributed by atoms with van der Waals surface area (Å²) in [7, 11) is 1.57. The normalized spacial score (nSPS) is 32.4. The number of carbonyl (C=O) groups is 3. The third-order valence-electron chi connectivity index (χ3n) is 8.16. The number of thiazole rings is 1. The lowest BCUT2D eigenvalue weighted by Crippen LogP contribution is -2.48. The summed E-state index contributed by atoms with van der Waals surface area (Å²) in [6.07, 6.45) is 0.851. The van der Waals surface area contributed by atoms with Gasteiger partial charge in [-0.1, -0.05) is 25.2 Å². The Hall–Kier alpha value is -2.59. The second kappa shape index (κ2) is 7.45. The van der Waals surface area contributed by atoms with E-state index in [0.717, 1.165) is 16.3 Å². The van der Waals surface area contributed by atoms with Gasteiger partial charge >= 0.3 is 4.87 Å². The Morgan fingerprint density at radius 2 is 1.82 bits per heavy atom. The number of ether oxygens (including phenoxy) is 1. The number of carbonyl (C=O) groups excluding carboxylic acids is 3. The summed E-state index contributed by atoms with van der Waals surface area (Å²) in [5.41, 5.74) is 0.330. The molecule has 6 atom stereocenters. The molecule has 2 aromatic rings. The molecule has 3 heterocycles. The van der Waals surface area contributed by atoms with Crippen molar-refractivity contribution in [2.45, 2.75) is 36.0 Å². The molecule has 2 aliphatic carbocycles. The Morgan fingerprint density at radius 1 is 1.15 bits per heavy atom. The highest BCUT2D eigenvalue weighted by Gasteiger charge is 2.70. The van der Waals surface area contributed by atoms with E-state index in [9.17, 15) is 19.2 Å². The fourth-order valence-corrected chi connectivity index (χ4v) is 10.0. The number of thioether (sulfide) groups is 1. The van der Waals surface area contributed by atoms with Crippen LogP contribution in [0.3, 0.4) is 0 Å². The highest BCUT2D eigenvalue weighted by Crippen LogP contribution is 2.68. The molecule has 2 N–H and O–H groups in total. The molecule has 1 aromatic carbocycles. The number of aromatic nitrogens is 1. The summed E-state index contributed by atoms with van der Waals surface area (Å²) in [6, 6.07) is 6.90. The monoisotopic (exact) mass is 499 g/mol. The topological polar surface area (TPSA) is 109 Å². The molecule has 3 fully saturated rings. The maximum absolute atomic E-state index is 13.4. The number of H-pyrrole nitrogens is 1. The number of imide groups is 1. The van der Waals surface area contributed by atoms with Crippen LogP contribution in [0.4, 0.5) is 5.69 Å². The molecular weight excluding hydrogens is 474 g/mol. The first-order valence-electron chi connectivity index (χ1n) is 11.4. The third kappa shape index (κ3) is 2.97. The van der Waals surface area contributed by atoms with Crippen LogP contribution in [0, 0.1) is 29.6 Å². The Labute approximate surface area is 204 Å². The molecule has 6 unspecified atom stereocenters. The highest BCUT2D eigenvalue weighted by atomic mass is 32.2. The number of fused-ring (bicyclic) bond motifs is 9. The fraction of sp³-hybridized carbons (Fsp3) is 0.500. The van der Waals surface area contributed by atoms with Crippen molar-refractivity contribution in [3.8, 4) is 5.75 Å². The highest BCUT2D eigenvalue weighted by molar-refractivity contribution is 8.00. The summed E-state index contributed by atoms with van der Waals surface area (Å²) >= 11 is 2.93. The van der Waals surface area contributed by atoms with Crippen molar-refractivity contribution in [3.05, 3.63) is 38.8 Å². The SMILES string of the molecule is COc1ccc(NC(=O)CN2C(=O)C3C4CC(C3C2=O)C2C4Sc3[nH]c(=O)sc3C2(C)C)cc1. The smallest absolute Gasteiger partial charge is 0.305 e. The van der Waals surface area contributed by atoms with E-state index in [1.54, 1.807) is 43.1 Å². The summed E-state index contributed by atoms with van der Waals surface area (Å²) < 4.78 is 5.13. The zero-order valence-corrected chi connectivity index (χ0v) is 20.6. The van der Waals surface area contributed by atoms with E-state index in [1.165, 1.54) is 16.2 Å². The summed E-state index contributed by atoms with van der Waals surface area (Å²) in [5, 5.41) is 3.86. The number of methoxy groups -OCH3 is 1. The van der Waals surface area contributed by atoms with Crippen molar-refractivity contribution in [1.82, 2.24) is 9.88 Å². The van der Waals surface area contributed by atoms with Crippen molar-refractivity contribution < 1.29 is 19.1 Å². The number of nitrogens with zero attached hydrogens (tertiary/aromatic N) is 1. The number of aromatic amines is 1. The molecule has 8 nitrogen and oxygen atoms in total. The van der Waals surface area contributed by atoms with Crippen molar-refractivity contribution in [2.75, 3.05) is 19.0 Å². The molecule has 1 aromatic heterocycles. The number of nitrogens with one attached hydrogen (secondary N) is 2. The first-order valence-corrected chi connectivity index (χ1v) is 13.1. The number of anilines is 1. The van der Waals surface area contributed by atoms with Gasteiger partial charge in [0.15, 0.2) is 0 Å². The average Bonchev–Trinajstić information content (AvgIpc) is 3.52. The lowest BCUT2D eigenvalue weighted by atomic mass is 9.64. The first kappa shape index (κ1) is 21.9. The van der Waals surface area contributed by atoms with Crippen LogP contribution < -0.4 is 14.9 Å². The molecule has 2 saturated carbocycles. The standard InChI is InChI=1S/C24H25N3O5S2/c1-24(2)17-12-8-13(18(17)33-20-19(24)34-23(31)26-20)16-15(12)21(29)27(22(16)30)9-14(28)25-10-4-6-11(32-3)7-5-10/h4-7,12-13,15-18H,8-9H2,1-3H3,(H,25,28)(H,26,31). The van der Waals surface area contributed by atoms with Crippen LogP contribution in [0.1, 0.15) is 25.1 Å². The quantitative estimate of drug-likeness (QED) is 0.627. The molecule has 10 heteroatoms. The number of amides is 3. The molecule has 4 aliphatic rings. The molecule has 0 spiro atoms. The Morgan fingerprint density at radius 3 is 2.50 bits per heavy atom. The summed E-state index contributed by atoms with van der Waals surface area (Å²) in [5.74, 6) is -0.544. The molecule has 0 radical (unpaired) electrons. The van der Waals surface area contributed by atoms with Gasteiger partial charge in [0.1, 0.15) is 12.3 Å². The molecule has 2 aliphatic heterocycles. The Kier molecular flexibility index (Phi) is 4.80. The van der Waals surface area contributed by atoms with Crippen LogP contribution in [-0.4, -0.2) is 46.5 Å². The van der Waals surface area contributed by atoms with Crippen LogP contribution in [0.15, 0.2) is 34.1 Å². The van der Waals surface area contributed by atoms with Gasteiger partial charge in [-0.15, -0.1) is 11.8 Å². The van der Waals surface area contributed by atoms with Crippen molar-refractivity contribution in [1.29, 1.82) is 0 Å². The summed E-state index contributed by atoms with van der Waals surface area (Å²) in [4.78, 5) is 56.7. The predicted octanol–water partition coefficient (Wildman–Crippen LogP) is 2.70. The van der Waals surface area contributed by atoms with Crippen molar-refractivity contribution in [3.63, 3.8) is 0 Å². The summed E-state index contributed by atoms with van der Waals surface area (Å²) in [6.45, 7) is 4.04. The Balaban J connectivity index is 1.23. The zero-order valence-electron chi connectivity index (χ0n) is 19.0. The van der Waals surface area contributed by atoms with Crippen LogP contribution in [0.2, 0.25) is 0 Å². The number of likely N-dealkylation sites (tertiary alicyclic amines) is 1. The molecule has 6 rings (SSSR count). The van der Waals surface area contributed by atoms with Gasteiger partial charge in [0.2, 0.25) is 17.7 Å². The van der Waals surface area contributed by atoms with E-state index in [-0.39, 0.29) is 63.5 Å². The van der Waals surface area contributed by atoms with Crippen molar-refractivity contribution in [2.24, 2.45) is 29.6 Å². The van der Waals surface area contributed by atoms with E-state index >= 15 is 0 Å². The molecule has 2 bridgehead atoms. The predicted molar refractivity (Wildman–Crippen MR) is 128 cm³/mol. The van der Waals surface area contributed by atoms with E-state index in [1.807, 2.05) is 0 Å². The van der Waals surface area contributed by atoms with E-state index in [0.29, 0.717) is 11.4 Å². The molecule has 3 amide bonds. The van der Waals surface area contributed by atoms with Crippen LogP contribution >= 0.6 is 23.1 Å². The van der Waals surface area contributed by atoms with Crippen LogP contribution in [0.5, 0.6) is 5.75 Å². The molecule has 178 valence electrons. The molecule has 1 saturated heterocycles. The second-order valence-electron chi connectivity index (χ2n) is 10.2. The van der Waals surface area contributed by atoms with Crippen LogP contribution in [0.25, 0.3) is 0 Å². The number of hydrogen-bond acceptors (Lipinski definition) is 7. The second-order valence-corrected chi connectivity index (χ2v) is 12.3. The average molecular weight is 500 g/mol. The first-order chi connectivity index (χ1) is 16.2. The van der Waals surface area contributed by atoms with Gasteiger partial charge in [0.05, 0.1) is 24.0 Å². The van der Waals surface area contributed by atoms with E-state index in [2.05, 4.69) is 24.1 Å².